The molecule has 1 rings (SSSR count). The quantitative estimate of drug-likeness (QED) is 0.631. The number of carboxylic acids is 2. The van der Waals surface area contributed by atoms with Crippen molar-refractivity contribution in [2.24, 2.45) is 11.7 Å². The number of benzene rings is 1. The number of hydrogen-bond donors (Lipinski definition) is 3. The van der Waals surface area contributed by atoms with Crippen LogP contribution in [0.25, 0.3) is 6.08 Å². The van der Waals surface area contributed by atoms with Gasteiger partial charge in [0.2, 0.25) is 0 Å². The van der Waals surface area contributed by atoms with E-state index in [2.05, 4.69) is 0 Å². The van der Waals surface area contributed by atoms with Gasteiger partial charge in [0.25, 0.3) is 0 Å². The Kier molecular flexibility index (Phi) is 7.08. The highest BCUT2D eigenvalue weighted by molar-refractivity contribution is 5.76. The number of carbonyl (C=O) groups is 2. The maximum Gasteiger partial charge on any atom is 0.320 e. The molecule has 0 saturated heterocycles. The second kappa shape index (κ2) is 8.79. The molecule has 0 fully saturated rings. The molecule has 0 aromatic heterocycles. The van der Waals surface area contributed by atoms with Crippen molar-refractivity contribution in [2.75, 3.05) is 14.2 Å². The molecular formula is C16H21NO6. The fraction of sp³-hybridized carbons (Fsp3) is 0.375. The molecule has 0 radical (unpaired) electrons. The topological polar surface area (TPSA) is 119 Å². The number of nitrogens with two attached hydrogens (primary N) is 1. The van der Waals surface area contributed by atoms with Gasteiger partial charge in [0.1, 0.15) is 6.04 Å². The monoisotopic (exact) mass is 323 g/mol. The standard InChI is InChI=1S/C16H21NO6/c1-22-13-7-6-10(8-14(13)23-2)4-3-5-11(15(18)19)9-12(17)16(20)21/h3-4,6-8,11-12H,5,9,17H2,1-2H3,(H,18,19)(H,20,21)/b4-3+/t11-,12+/m1/s1. The van der Waals surface area contributed by atoms with Crippen molar-refractivity contribution in [1.29, 1.82) is 0 Å². The Hall–Kier alpha value is -2.54. The van der Waals surface area contributed by atoms with Crippen molar-refractivity contribution >= 4 is 18.0 Å². The van der Waals surface area contributed by atoms with Crippen LogP contribution in [0.15, 0.2) is 24.3 Å². The summed E-state index contributed by atoms with van der Waals surface area (Å²) in [4.78, 5) is 21.9. The number of rotatable bonds is 9. The largest absolute Gasteiger partial charge is 0.493 e. The lowest BCUT2D eigenvalue weighted by Crippen LogP contribution is -2.34. The van der Waals surface area contributed by atoms with Crippen molar-refractivity contribution in [3.05, 3.63) is 29.8 Å². The Morgan fingerprint density at radius 3 is 2.35 bits per heavy atom. The number of allylic oxidation sites excluding steroid dienone is 1. The Labute approximate surface area is 134 Å². The third-order valence-corrected chi connectivity index (χ3v) is 3.34. The first-order valence-corrected chi connectivity index (χ1v) is 6.98. The normalized spacial score (nSPS) is 13.5. The zero-order valence-corrected chi connectivity index (χ0v) is 13.1. The summed E-state index contributed by atoms with van der Waals surface area (Å²) in [5, 5.41) is 17.9. The summed E-state index contributed by atoms with van der Waals surface area (Å²) in [5.41, 5.74) is 6.20. The molecule has 7 heteroatoms. The van der Waals surface area contributed by atoms with Gasteiger partial charge in [-0.05, 0) is 30.5 Å². The van der Waals surface area contributed by atoms with Crippen LogP contribution in [-0.4, -0.2) is 42.4 Å². The number of ether oxygens (including phenoxy) is 2. The Balaban J connectivity index is 2.75. The molecule has 0 aliphatic carbocycles. The number of carboxylic acid groups (broad SMARTS) is 2. The van der Waals surface area contributed by atoms with E-state index >= 15 is 0 Å². The molecule has 0 saturated carbocycles. The van der Waals surface area contributed by atoms with Crippen molar-refractivity contribution < 1.29 is 29.3 Å². The first kappa shape index (κ1) is 18.5. The van der Waals surface area contributed by atoms with E-state index < -0.39 is 23.9 Å². The smallest absolute Gasteiger partial charge is 0.320 e. The fourth-order valence-corrected chi connectivity index (χ4v) is 2.03. The highest BCUT2D eigenvalue weighted by atomic mass is 16.5. The molecule has 0 spiro atoms. The van der Waals surface area contributed by atoms with Gasteiger partial charge in [0.15, 0.2) is 11.5 Å². The molecule has 0 aliphatic rings. The number of aliphatic carboxylic acids is 2. The fourth-order valence-electron chi connectivity index (χ4n) is 2.03. The van der Waals surface area contributed by atoms with Crippen LogP contribution < -0.4 is 15.2 Å². The minimum atomic E-state index is -1.21. The van der Waals surface area contributed by atoms with E-state index in [0.717, 1.165) is 5.56 Å². The zero-order chi connectivity index (χ0) is 17.4. The summed E-state index contributed by atoms with van der Waals surface area (Å²) in [6.45, 7) is 0. The van der Waals surface area contributed by atoms with E-state index in [4.69, 9.17) is 25.4 Å². The predicted octanol–water partition coefficient (Wildman–Crippen LogP) is 1.61. The van der Waals surface area contributed by atoms with Gasteiger partial charge >= 0.3 is 11.9 Å². The van der Waals surface area contributed by atoms with E-state index in [-0.39, 0.29) is 12.8 Å². The molecule has 1 aromatic rings. The lowest BCUT2D eigenvalue weighted by atomic mass is 9.96. The molecule has 23 heavy (non-hydrogen) atoms. The minimum Gasteiger partial charge on any atom is -0.493 e. The average Bonchev–Trinajstić information content (AvgIpc) is 2.53. The molecule has 0 unspecified atom stereocenters. The van der Waals surface area contributed by atoms with Gasteiger partial charge in [-0.2, -0.15) is 0 Å². The first-order chi connectivity index (χ1) is 10.9. The highest BCUT2D eigenvalue weighted by Gasteiger charge is 2.23. The van der Waals surface area contributed by atoms with Crippen molar-refractivity contribution in [2.45, 2.75) is 18.9 Å². The second-order valence-electron chi connectivity index (χ2n) is 4.97. The van der Waals surface area contributed by atoms with Crippen LogP contribution in [0.2, 0.25) is 0 Å². The lowest BCUT2D eigenvalue weighted by Gasteiger charge is -2.12. The van der Waals surface area contributed by atoms with Gasteiger partial charge in [-0.3, -0.25) is 9.59 Å². The summed E-state index contributed by atoms with van der Waals surface area (Å²) in [5.74, 6) is -1.96. The van der Waals surface area contributed by atoms with E-state index in [1.165, 1.54) is 14.2 Å². The van der Waals surface area contributed by atoms with Crippen LogP contribution >= 0.6 is 0 Å². The van der Waals surface area contributed by atoms with Gasteiger partial charge in [0, 0.05) is 0 Å². The van der Waals surface area contributed by atoms with Gasteiger partial charge in [0.05, 0.1) is 20.1 Å². The maximum atomic E-state index is 11.2. The molecule has 4 N–H and O–H groups in total. The van der Waals surface area contributed by atoms with Crippen LogP contribution in [0.3, 0.4) is 0 Å². The van der Waals surface area contributed by atoms with E-state index in [1.807, 2.05) is 0 Å². The SMILES string of the molecule is COc1ccc(/C=C/C[C@H](C[C@H](N)C(=O)O)C(=O)O)cc1OC. The highest BCUT2D eigenvalue weighted by Crippen LogP contribution is 2.28. The zero-order valence-electron chi connectivity index (χ0n) is 13.1. The minimum absolute atomic E-state index is 0.124. The molecule has 0 heterocycles. The van der Waals surface area contributed by atoms with Gasteiger partial charge < -0.3 is 25.4 Å². The molecular weight excluding hydrogens is 302 g/mol. The first-order valence-electron chi connectivity index (χ1n) is 6.98. The van der Waals surface area contributed by atoms with E-state index in [1.54, 1.807) is 30.4 Å². The van der Waals surface area contributed by atoms with Crippen LogP contribution in [0, 0.1) is 5.92 Å². The van der Waals surface area contributed by atoms with Crippen LogP contribution in [0.4, 0.5) is 0 Å². The van der Waals surface area contributed by atoms with E-state index in [0.29, 0.717) is 11.5 Å². The van der Waals surface area contributed by atoms with Crippen molar-refractivity contribution in [3.63, 3.8) is 0 Å². The third kappa shape index (κ3) is 5.63. The van der Waals surface area contributed by atoms with Gasteiger partial charge in [-0.1, -0.05) is 18.2 Å². The summed E-state index contributed by atoms with van der Waals surface area (Å²) in [6, 6.07) is 4.11. The predicted molar refractivity (Wildman–Crippen MR) is 84.6 cm³/mol. The van der Waals surface area contributed by atoms with Crippen molar-refractivity contribution in [3.8, 4) is 11.5 Å². The molecule has 7 nitrogen and oxygen atoms in total. The second-order valence-corrected chi connectivity index (χ2v) is 4.97. The lowest BCUT2D eigenvalue weighted by molar-refractivity contribution is -0.143. The average molecular weight is 323 g/mol. The third-order valence-electron chi connectivity index (χ3n) is 3.34. The summed E-state index contributed by atoms with van der Waals surface area (Å²) in [6.07, 6.45) is 3.48. The Morgan fingerprint density at radius 1 is 1.17 bits per heavy atom. The number of methoxy groups -OCH3 is 2. The Morgan fingerprint density at radius 2 is 1.83 bits per heavy atom. The van der Waals surface area contributed by atoms with Gasteiger partial charge in [-0.15, -0.1) is 0 Å². The summed E-state index contributed by atoms with van der Waals surface area (Å²) >= 11 is 0. The molecule has 126 valence electrons. The molecule has 1 aromatic carbocycles. The molecule has 0 bridgehead atoms. The van der Waals surface area contributed by atoms with Crippen LogP contribution in [0.1, 0.15) is 18.4 Å². The molecule has 2 atom stereocenters. The summed E-state index contributed by atoms with van der Waals surface area (Å²) < 4.78 is 10.3. The van der Waals surface area contributed by atoms with Crippen molar-refractivity contribution in [1.82, 2.24) is 0 Å². The Bertz CT molecular complexity index is 584. The summed E-state index contributed by atoms with van der Waals surface area (Å²) in [7, 11) is 3.07. The molecule has 0 amide bonds. The van der Waals surface area contributed by atoms with E-state index in [9.17, 15) is 9.59 Å². The van der Waals surface area contributed by atoms with Crippen LogP contribution in [0.5, 0.6) is 11.5 Å². The molecule has 0 aliphatic heterocycles. The number of hydrogen-bond acceptors (Lipinski definition) is 5. The van der Waals surface area contributed by atoms with Crippen LogP contribution in [-0.2, 0) is 9.59 Å². The maximum absolute atomic E-state index is 11.2. The van der Waals surface area contributed by atoms with Gasteiger partial charge in [-0.25, -0.2) is 0 Å².